The van der Waals surface area contributed by atoms with Crippen molar-refractivity contribution in [2.75, 3.05) is 13.7 Å². The number of hydrogen-bond donors (Lipinski definition) is 0. The molecule has 0 radical (unpaired) electrons. The van der Waals surface area contributed by atoms with Crippen molar-refractivity contribution in [3.8, 4) is 5.75 Å². The average Bonchev–Trinajstić information content (AvgIpc) is 2.92. The number of fused-ring (bicyclic) bond motifs is 2. The maximum Gasteiger partial charge on any atom is 0.314 e. The van der Waals surface area contributed by atoms with Crippen LogP contribution in [-0.2, 0) is 30.3 Å². The van der Waals surface area contributed by atoms with Crippen LogP contribution in [-0.4, -0.2) is 43.8 Å². The van der Waals surface area contributed by atoms with Gasteiger partial charge in [0.15, 0.2) is 5.79 Å². The smallest absolute Gasteiger partial charge is 0.314 e. The molecule has 40 heavy (non-hydrogen) atoms. The van der Waals surface area contributed by atoms with Gasteiger partial charge in [-0.3, -0.25) is 4.79 Å². The van der Waals surface area contributed by atoms with Gasteiger partial charge in [0.2, 0.25) is 0 Å². The van der Waals surface area contributed by atoms with Crippen molar-refractivity contribution >= 4 is 5.97 Å². The lowest BCUT2D eigenvalue weighted by atomic mass is 9.76. The van der Waals surface area contributed by atoms with E-state index >= 15 is 0 Å². The third-order valence-electron chi connectivity index (χ3n) is 7.53. The Morgan fingerprint density at radius 2 is 1.70 bits per heavy atom. The summed E-state index contributed by atoms with van der Waals surface area (Å²) in [4.78, 5) is 13.4. The van der Waals surface area contributed by atoms with Crippen molar-refractivity contribution in [1.29, 1.82) is 0 Å². The molecule has 220 valence electrons. The molecule has 6 heteroatoms. The van der Waals surface area contributed by atoms with Gasteiger partial charge in [-0.25, -0.2) is 0 Å². The van der Waals surface area contributed by atoms with E-state index in [9.17, 15) is 4.79 Å². The zero-order valence-corrected chi connectivity index (χ0v) is 25.4. The average molecular weight is 553 g/mol. The van der Waals surface area contributed by atoms with Crippen LogP contribution in [0, 0.1) is 5.41 Å². The lowest BCUT2D eigenvalue weighted by Crippen LogP contribution is -2.54. The molecule has 0 aromatic heterocycles. The van der Waals surface area contributed by atoms with Gasteiger partial charge in [0.05, 0.1) is 44.1 Å². The van der Waals surface area contributed by atoms with E-state index in [4.69, 9.17) is 23.7 Å². The highest BCUT2D eigenvalue weighted by molar-refractivity contribution is 5.77. The molecule has 0 unspecified atom stereocenters. The topological polar surface area (TPSA) is 63.2 Å². The summed E-state index contributed by atoms with van der Waals surface area (Å²) in [5.74, 6) is -0.282. The number of carbonyl (C=O) groups excluding carboxylic acids is 1. The van der Waals surface area contributed by atoms with Crippen LogP contribution in [0.1, 0.15) is 79.2 Å². The summed E-state index contributed by atoms with van der Waals surface area (Å²) >= 11 is 0. The molecule has 0 spiro atoms. The Morgan fingerprint density at radius 1 is 0.975 bits per heavy atom. The molecule has 6 nitrogen and oxygen atoms in total. The van der Waals surface area contributed by atoms with Crippen LogP contribution in [0.2, 0.25) is 0 Å². The fourth-order valence-electron chi connectivity index (χ4n) is 5.11. The van der Waals surface area contributed by atoms with Gasteiger partial charge in [0.1, 0.15) is 5.75 Å². The van der Waals surface area contributed by atoms with Crippen molar-refractivity contribution < 1.29 is 28.5 Å². The Bertz CT molecular complexity index is 1080. The first-order chi connectivity index (χ1) is 19.0. The standard InChI is InChI=1S/C34H48O6/c1-8-37-32(35)34(6)21-20-26(3)13-11-9-10-12-25(2)14-17-29(22-30-23-31(34)40-33(4,5)39-30)38-24-27-15-18-28(36-7)19-16-27/h11-20,29-31H,8-10,21-24H2,1-7H3/b13-11+,17-14+,25-12+,26-20+/t29-,30-,31-,34+/m1/s1. The number of methoxy groups -OCH3 is 1. The summed E-state index contributed by atoms with van der Waals surface area (Å²) in [6, 6.07) is 7.92. The molecule has 0 amide bonds. The second kappa shape index (κ2) is 14.8. The van der Waals surface area contributed by atoms with Crippen LogP contribution < -0.4 is 4.74 Å². The Balaban J connectivity index is 1.92. The number of hydrogen-bond acceptors (Lipinski definition) is 6. The monoisotopic (exact) mass is 552 g/mol. The highest BCUT2D eigenvalue weighted by Gasteiger charge is 2.49. The first kappa shape index (κ1) is 31.9. The van der Waals surface area contributed by atoms with Crippen molar-refractivity contribution in [3.63, 3.8) is 0 Å². The Kier molecular flexibility index (Phi) is 11.8. The molecule has 1 aromatic rings. The highest BCUT2D eigenvalue weighted by atomic mass is 16.7. The molecule has 3 rings (SSSR count). The molecule has 2 aliphatic rings. The van der Waals surface area contributed by atoms with Crippen LogP contribution >= 0.6 is 0 Å². The summed E-state index contributed by atoms with van der Waals surface area (Å²) in [6.07, 6.45) is 15.8. The summed E-state index contributed by atoms with van der Waals surface area (Å²) in [6.45, 7) is 12.6. The number of rotatable bonds is 6. The number of benzene rings is 1. The minimum Gasteiger partial charge on any atom is -0.497 e. The predicted molar refractivity (Wildman–Crippen MR) is 159 cm³/mol. The van der Waals surface area contributed by atoms with E-state index in [1.54, 1.807) is 7.11 Å². The number of ether oxygens (including phenoxy) is 5. The van der Waals surface area contributed by atoms with Gasteiger partial charge >= 0.3 is 5.97 Å². The summed E-state index contributed by atoms with van der Waals surface area (Å²) in [5, 5.41) is 0. The van der Waals surface area contributed by atoms with E-state index in [2.05, 4.69) is 50.3 Å². The van der Waals surface area contributed by atoms with Gasteiger partial charge in [0.25, 0.3) is 0 Å². The number of esters is 1. The molecule has 0 N–H and O–H groups in total. The Labute approximate surface area is 241 Å². The van der Waals surface area contributed by atoms with Crippen LogP contribution in [0.5, 0.6) is 5.75 Å². The normalized spacial score (nSPS) is 31.9. The van der Waals surface area contributed by atoms with E-state index in [-0.39, 0.29) is 24.3 Å². The third kappa shape index (κ3) is 9.46. The molecule has 1 aromatic carbocycles. The quantitative estimate of drug-likeness (QED) is 0.338. The minimum atomic E-state index is -0.858. The van der Waals surface area contributed by atoms with Gasteiger partial charge in [-0.1, -0.05) is 59.7 Å². The largest absolute Gasteiger partial charge is 0.497 e. The van der Waals surface area contributed by atoms with E-state index in [0.717, 1.165) is 29.7 Å². The summed E-state index contributed by atoms with van der Waals surface area (Å²) < 4.78 is 30.2. The first-order valence-electron chi connectivity index (χ1n) is 14.5. The molecule has 1 aliphatic carbocycles. The molecule has 4 atom stereocenters. The molecule has 2 bridgehead atoms. The molecule has 0 saturated carbocycles. The fraction of sp³-hybridized carbons (Fsp3) is 0.559. The number of carbonyl (C=O) groups is 1. The maximum atomic E-state index is 13.4. The molecule has 1 aliphatic heterocycles. The molecule has 1 heterocycles. The van der Waals surface area contributed by atoms with E-state index in [1.165, 1.54) is 5.57 Å². The second-order valence-corrected chi connectivity index (χ2v) is 11.5. The van der Waals surface area contributed by atoms with Crippen LogP contribution in [0.25, 0.3) is 0 Å². The third-order valence-corrected chi connectivity index (χ3v) is 7.53. The number of allylic oxidation sites excluding steroid dienone is 7. The molecular weight excluding hydrogens is 504 g/mol. The van der Waals surface area contributed by atoms with Crippen molar-refractivity contribution in [2.24, 2.45) is 5.41 Å². The van der Waals surface area contributed by atoms with E-state index in [1.807, 2.05) is 52.0 Å². The maximum absolute atomic E-state index is 13.4. The SMILES string of the molecule is CCOC(=O)[C@@]1(C)C/C=C(C)/C=C/CC/C=C(C)/C=C/[C@@H](OCc2ccc(OC)cc2)C[C@@H]2C[C@H]1OC(C)(C)O2. The highest BCUT2D eigenvalue weighted by Crippen LogP contribution is 2.41. The zero-order valence-electron chi connectivity index (χ0n) is 25.4. The van der Waals surface area contributed by atoms with Crippen LogP contribution in [0.3, 0.4) is 0 Å². The fourth-order valence-corrected chi connectivity index (χ4v) is 5.11. The Hall–Kier alpha value is -2.67. The van der Waals surface area contributed by atoms with Crippen molar-refractivity contribution in [3.05, 3.63) is 77.4 Å². The molecule has 1 fully saturated rings. The van der Waals surface area contributed by atoms with E-state index < -0.39 is 11.2 Å². The molecular formula is C34H48O6. The van der Waals surface area contributed by atoms with Gasteiger partial charge in [-0.2, -0.15) is 0 Å². The Morgan fingerprint density at radius 3 is 2.40 bits per heavy atom. The van der Waals surface area contributed by atoms with Gasteiger partial charge in [0, 0.05) is 12.8 Å². The van der Waals surface area contributed by atoms with Gasteiger partial charge in [-0.05, 0) is 78.5 Å². The molecule has 1 saturated heterocycles. The second-order valence-electron chi connectivity index (χ2n) is 11.5. The van der Waals surface area contributed by atoms with Crippen molar-refractivity contribution in [2.45, 2.75) is 104 Å². The first-order valence-corrected chi connectivity index (χ1v) is 14.5. The summed E-state index contributed by atoms with van der Waals surface area (Å²) in [7, 11) is 1.66. The predicted octanol–water partition coefficient (Wildman–Crippen LogP) is 7.64. The lowest BCUT2D eigenvalue weighted by molar-refractivity contribution is -0.318. The van der Waals surface area contributed by atoms with Crippen LogP contribution in [0.15, 0.2) is 71.9 Å². The minimum absolute atomic E-state index is 0.169. The van der Waals surface area contributed by atoms with Crippen LogP contribution in [0.4, 0.5) is 0 Å². The van der Waals surface area contributed by atoms with E-state index in [0.29, 0.717) is 32.5 Å². The lowest BCUT2D eigenvalue weighted by Gasteiger charge is -2.47. The summed E-state index contributed by atoms with van der Waals surface area (Å²) in [5.41, 5.74) is 2.53. The zero-order chi connectivity index (χ0) is 29.2. The van der Waals surface area contributed by atoms with Gasteiger partial charge in [-0.15, -0.1) is 0 Å². The van der Waals surface area contributed by atoms with Crippen molar-refractivity contribution in [1.82, 2.24) is 0 Å². The van der Waals surface area contributed by atoms with Gasteiger partial charge < -0.3 is 23.7 Å².